The number of hydrogen-bond donors (Lipinski definition) is 1. The smallest absolute Gasteiger partial charge is 0.412 e. The third kappa shape index (κ3) is 6.47. The first-order valence-corrected chi connectivity index (χ1v) is 6.98. The average Bonchev–Trinajstić information content (AvgIpc) is 2.42. The molecule has 0 spiro atoms. The summed E-state index contributed by atoms with van der Waals surface area (Å²) in [6.45, 7) is 5.37. The fraction of sp³-hybridized carbons (Fsp3) is 0.500. The molecule has 0 radical (unpaired) electrons. The molecule has 6 nitrogen and oxygen atoms in total. The van der Waals surface area contributed by atoms with E-state index in [1.165, 1.54) is 14.2 Å². The van der Waals surface area contributed by atoms with E-state index in [4.69, 9.17) is 9.47 Å². The van der Waals surface area contributed by atoms with Crippen LogP contribution in [0.5, 0.6) is 5.75 Å². The molecule has 0 fully saturated rings. The Balaban J connectivity index is 2.81. The first-order valence-electron chi connectivity index (χ1n) is 6.98. The highest BCUT2D eigenvalue weighted by molar-refractivity contribution is 5.85. The van der Waals surface area contributed by atoms with Crippen LogP contribution < -0.4 is 10.1 Å². The zero-order valence-electron chi connectivity index (χ0n) is 13.7. The Hall–Kier alpha value is -2.24. The molecule has 0 aliphatic rings. The van der Waals surface area contributed by atoms with Gasteiger partial charge in [-0.15, -0.1) is 0 Å². The Labute approximate surface area is 130 Å². The van der Waals surface area contributed by atoms with Gasteiger partial charge in [-0.05, 0) is 44.9 Å². The van der Waals surface area contributed by atoms with Crippen molar-refractivity contribution in [3.63, 3.8) is 0 Å². The number of benzene rings is 1. The molecule has 1 rings (SSSR count). The van der Waals surface area contributed by atoms with Crippen LogP contribution in [0.4, 0.5) is 10.5 Å². The molecule has 0 aromatic heterocycles. The van der Waals surface area contributed by atoms with Crippen LogP contribution in [-0.2, 0) is 20.7 Å². The molecule has 0 unspecified atom stereocenters. The number of ether oxygens (including phenoxy) is 3. The van der Waals surface area contributed by atoms with E-state index in [9.17, 15) is 9.59 Å². The Morgan fingerprint density at radius 1 is 1.14 bits per heavy atom. The quantitative estimate of drug-likeness (QED) is 0.846. The van der Waals surface area contributed by atoms with Crippen molar-refractivity contribution in [2.45, 2.75) is 39.2 Å². The predicted molar refractivity (Wildman–Crippen MR) is 83.2 cm³/mol. The monoisotopic (exact) mass is 309 g/mol. The molecule has 122 valence electrons. The zero-order valence-corrected chi connectivity index (χ0v) is 13.7. The largest absolute Gasteiger partial charge is 0.497 e. The molecule has 1 amide bonds. The summed E-state index contributed by atoms with van der Waals surface area (Å²) in [5.41, 5.74) is 0.834. The molecule has 6 heteroatoms. The van der Waals surface area contributed by atoms with E-state index in [1.807, 2.05) is 6.07 Å². The lowest BCUT2D eigenvalue weighted by molar-refractivity contribution is -0.140. The maximum Gasteiger partial charge on any atom is 0.412 e. The molecule has 0 bridgehead atoms. The summed E-state index contributed by atoms with van der Waals surface area (Å²) >= 11 is 0. The Morgan fingerprint density at radius 2 is 1.82 bits per heavy atom. The highest BCUT2D eigenvalue weighted by atomic mass is 16.6. The van der Waals surface area contributed by atoms with Crippen molar-refractivity contribution in [1.29, 1.82) is 0 Å². The molecular formula is C16H23NO5. The number of carbonyl (C=O) groups is 2. The molecule has 0 heterocycles. The predicted octanol–water partition coefficient (Wildman–Crippen LogP) is 3.15. The Bertz CT molecular complexity index is 534. The van der Waals surface area contributed by atoms with Crippen LogP contribution in [0.25, 0.3) is 0 Å². The van der Waals surface area contributed by atoms with Crippen molar-refractivity contribution in [2.75, 3.05) is 19.5 Å². The number of carbonyl (C=O) groups excluding carboxylic acids is 2. The van der Waals surface area contributed by atoms with Gasteiger partial charge in [-0.25, -0.2) is 4.79 Å². The summed E-state index contributed by atoms with van der Waals surface area (Å²) in [6, 6.07) is 5.27. The molecule has 0 aliphatic heterocycles. The normalized spacial score (nSPS) is 10.8. The average molecular weight is 309 g/mol. The van der Waals surface area contributed by atoms with E-state index < -0.39 is 11.7 Å². The van der Waals surface area contributed by atoms with E-state index in [0.717, 1.165) is 5.56 Å². The SMILES string of the molecule is COC(=O)CCc1cc(NC(=O)OC(C)(C)C)cc(OC)c1. The highest BCUT2D eigenvalue weighted by Crippen LogP contribution is 2.22. The Kier molecular flexibility index (Phi) is 6.22. The minimum atomic E-state index is -0.573. The minimum absolute atomic E-state index is 0.259. The first kappa shape index (κ1) is 17.8. The lowest BCUT2D eigenvalue weighted by Crippen LogP contribution is -2.27. The van der Waals surface area contributed by atoms with Gasteiger partial charge in [0.1, 0.15) is 11.4 Å². The second-order valence-electron chi connectivity index (χ2n) is 5.77. The molecule has 1 N–H and O–H groups in total. The third-order valence-corrected chi connectivity index (χ3v) is 2.69. The van der Waals surface area contributed by atoms with Crippen LogP contribution in [0.1, 0.15) is 32.8 Å². The van der Waals surface area contributed by atoms with Crippen molar-refractivity contribution in [2.24, 2.45) is 0 Å². The van der Waals surface area contributed by atoms with Gasteiger partial charge in [0.25, 0.3) is 0 Å². The third-order valence-electron chi connectivity index (χ3n) is 2.69. The van der Waals surface area contributed by atoms with Gasteiger partial charge in [-0.2, -0.15) is 0 Å². The van der Waals surface area contributed by atoms with Gasteiger partial charge in [0.05, 0.1) is 14.2 Å². The van der Waals surface area contributed by atoms with Crippen LogP contribution >= 0.6 is 0 Å². The van der Waals surface area contributed by atoms with Gasteiger partial charge in [-0.1, -0.05) is 0 Å². The van der Waals surface area contributed by atoms with Gasteiger partial charge in [0, 0.05) is 18.2 Å². The molecule has 0 atom stereocenters. The number of esters is 1. The second-order valence-corrected chi connectivity index (χ2v) is 5.77. The maximum absolute atomic E-state index is 11.8. The summed E-state index contributed by atoms with van der Waals surface area (Å²) in [5.74, 6) is 0.304. The van der Waals surface area contributed by atoms with Crippen LogP contribution in [0.2, 0.25) is 0 Å². The number of amides is 1. The lowest BCUT2D eigenvalue weighted by Gasteiger charge is -2.20. The van der Waals surface area contributed by atoms with Crippen LogP contribution in [-0.4, -0.2) is 31.9 Å². The summed E-state index contributed by atoms with van der Waals surface area (Å²) < 4.78 is 15.0. The fourth-order valence-corrected chi connectivity index (χ4v) is 1.77. The second kappa shape index (κ2) is 7.68. The van der Waals surface area contributed by atoms with Gasteiger partial charge in [0.15, 0.2) is 0 Å². The van der Waals surface area contributed by atoms with Crippen molar-refractivity contribution in [3.05, 3.63) is 23.8 Å². The Morgan fingerprint density at radius 3 is 2.36 bits per heavy atom. The topological polar surface area (TPSA) is 73.9 Å². The van der Waals surface area contributed by atoms with Gasteiger partial charge in [-0.3, -0.25) is 10.1 Å². The molecule has 0 saturated carbocycles. The summed E-state index contributed by atoms with van der Waals surface area (Å²) in [6.07, 6.45) is 0.210. The van der Waals surface area contributed by atoms with E-state index in [1.54, 1.807) is 32.9 Å². The first-order chi connectivity index (χ1) is 10.2. The molecule has 0 aliphatic carbocycles. The van der Waals surface area contributed by atoms with Crippen LogP contribution in [0.3, 0.4) is 0 Å². The molecule has 22 heavy (non-hydrogen) atoms. The highest BCUT2D eigenvalue weighted by Gasteiger charge is 2.16. The van der Waals surface area contributed by atoms with Crippen LogP contribution in [0.15, 0.2) is 18.2 Å². The van der Waals surface area contributed by atoms with E-state index in [-0.39, 0.29) is 12.4 Å². The van der Waals surface area contributed by atoms with E-state index in [0.29, 0.717) is 17.9 Å². The lowest BCUT2D eigenvalue weighted by atomic mass is 10.1. The summed E-state index contributed by atoms with van der Waals surface area (Å²) in [4.78, 5) is 23.0. The number of rotatable bonds is 5. The van der Waals surface area contributed by atoms with Crippen LogP contribution in [0, 0.1) is 0 Å². The summed E-state index contributed by atoms with van der Waals surface area (Å²) in [5, 5.41) is 2.66. The number of nitrogens with one attached hydrogen (secondary N) is 1. The van der Waals surface area contributed by atoms with E-state index in [2.05, 4.69) is 10.1 Å². The zero-order chi connectivity index (χ0) is 16.8. The van der Waals surface area contributed by atoms with E-state index >= 15 is 0 Å². The maximum atomic E-state index is 11.8. The van der Waals surface area contributed by atoms with Gasteiger partial charge < -0.3 is 14.2 Å². The number of methoxy groups -OCH3 is 2. The number of aryl methyl sites for hydroxylation is 1. The minimum Gasteiger partial charge on any atom is -0.497 e. The molecule has 0 saturated heterocycles. The fourth-order valence-electron chi connectivity index (χ4n) is 1.77. The van der Waals surface area contributed by atoms with Crippen molar-refractivity contribution in [1.82, 2.24) is 0 Å². The standard InChI is InChI=1S/C16H23NO5/c1-16(2,3)22-15(19)17-12-8-11(6-7-14(18)21-5)9-13(10-12)20-4/h8-10H,6-7H2,1-5H3,(H,17,19). The molecule has 1 aromatic carbocycles. The number of hydrogen-bond acceptors (Lipinski definition) is 5. The molecular weight excluding hydrogens is 286 g/mol. The van der Waals surface area contributed by atoms with Crippen molar-refractivity contribution in [3.8, 4) is 5.75 Å². The van der Waals surface area contributed by atoms with Gasteiger partial charge in [0.2, 0.25) is 0 Å². The molecule has 1 aromatic rings. The summed E-state index contributed by atoms with van der Waals surface area (Å²) in [7, 11) is 2.89. The van der Waals surface area contributed by atoms with Gasteiger partial charge >= 0.3 is 12.1 Å². The number of anilines is 1. The van der Waals surface area contributed by atoms with Crippen molar-refractivity contribution >= 4 is 17.7 Å². The van der Waals surface area contributed by atoms with Crippen molar-refractivity contribution < 1.29 is 23.8 Å².